The van der Waals surface area contributed by atoms with Crippen molar-refractivity contribution >= 4 is 11.6 Å². The minimum atomic E-state index is -0.0751. The normalized spacial score (nSPS) is 11.7. The van der Waals surface area contributed by atoms with Crippen molar-refractivity contribution in [1.29, 1.82) is 0 Å². The second kappa shape index (κ2) is 13.7. The Bertz CT molecular complexity index is 771. The zero-order valence-electron chi connectivity index (χ0n) is 17.2. The largest absolute Gasteiger partial charge is 0.512 e. The fourth-order valence-corrected chi connectivity index (χ4v) is 2.61. The van der Waals surface area contributed by atoms with Gasteiger partial charge >= 0.3 is 0 Å². The molecule has 2 N–H and O–H groups in total. The third-order valence-electron chi connectivity index (χ3n) is 4.17. The summed E-state index contributed by atoms with van der Waals surface area (Å²) in [6.45, 7) is 6.02. The number of carbonyl (C=O) groups excluding carboxylic acids is 2. The summed E-state index contributed by atoms with van der Waals surface area (Å²) >= 11 is 0. The standard InChI is InChI=1S/2C12H14O2.Pd/c2*1-9(13)12(10(2)14)8-11-6-4-3-5-7-11;/h2*3-7,13H,8H2,1-2H3;/b2*12-9-;. The zero-order chi connectivity index (χ0) is 21.1. The molecular formula is C24H28O4Pd. The van der Waals surface area contributed by atoms with Crippen LogP contribution < -0.4 is 0 Å². The van der Waals surface area contributed by atoms with Crippen molar-refractivity contribution in [2.45, 2.75) is 40.5 Å². The molecule has 29 heavy (non-hydrogen) atoms. The molecule has 2 aromatic carbocycles. The van der Waals surface area contributed by atoms with Gasteiger partial charge in [0.2, 0.25) is 0 Å². The smallest absolute Gasteiger partial charge is 0.159 e. The van der Waals surface area contributed by atoms with Crippen molar-refractivity contribution in [2.75, 3.05) is 0 Å². The van der Waals surface area contributed by atoms with Crippen molar-refractivity contribution in [3.05, 3.63) is 94.5 Å². The number of Topliss-reactive ketones (excluding diaryl/α,β-unsaturated/α-hetero) is 2. The van der Waals surface area contributed by atoms with E-state index in [1.165, 1.54) is 13.8 Å². The average Bonchev–Trinajstić information content (AvgIpc) is 2.65. The number of carbonyl (C=O) groups is 2. The summed E-state index contributed by atoms with van der Waals surface area (Å²) < 4.78 is 0. The van der Waals surface area contributed by atoms with E-state index in [0.717, 1.165) is 11.1 Å². The van der Waals surface area contributed by atoms with Crippen LogP contribution in [0.1, 0.15) is 38.8 Å². The van der Waals surface area contributed by atoms with E-state index in [2.05, 4.69) is 0 Å². The van der Waals surface area contributed by atoms with Crippen LogP contribution in [0.2, 0.25) is 0 Å². The minimum absolute atomic E-state index is 0. The maximum atomic E-state index is 11.2. The van der Waals surface area contributed by atoms with Crippen molar-refractivity contribution in [3.8, 4) is 0 Å². The Labute approximate surface area is 186 Å². The summed E-state index contributed by atoms with van der Waals surface area (Å²) in [6, 6.07) is 19.3. The molecule has 2 aromatic rings. The van der Waals surface area contributed by atoms with Gasteiger partial charge in [-0.25, -0.2) is 0 Å². The second-order valence-electron chi connectivity index (χ2n) is 6.57. The minimum Gasteiger partial charge on any atom is -0.512 e. The molecule has 5 heteroatoms. The van der Waals surface area contributed by atoms with Crippen LogP contribution in [-0.4, -0.2) is 21.8 Å². The number of rotatable bonds is 6. The van der Waals surface area contributed by atoms with Crippen LogP contribution >= 0.6 is 0 Å². The molecular weight excluding hydrogens is 459 g/mol. The van der Waals surface area contributed by atoms with E-state index in [0.29, 0.717) is 24.0 Å². The van der Waals surface area contributed by atoms with Gasteiger partial charge in [0.1, 0.15) is 0 Å². The van der Waals surface area contributed by atoms with Crippen molar-refractivity contribution in [1.82, 2.24) is 0 Å². The summed E-state index contributed by atoms with van der Waals surface area (Å²) in [5, 5.41) is 18.6. The molecule has 0 bridgehead atoms. The van der Waals surface area contributed by atoms with E-state index in [-0.39, 0.29) is 43.5 Å². The van der Waals surface area contributed by atoms with E-state index in [1.807, 2.05) is 60.7 Å². The predicted molar refractivity (Wildman–Crippen MR) is 112 cm³/mol. The van der Waals surface area contributed by atoms with Gasteiger partial charge in [0.05, 0.1) is 11.5 Å². The van der Waals surface area contributed by atoms with Crippen LogP contribution in [0.15, 0.2) is 83.3 Å². The first-order valence-electron chi connectivity index (χ1n) is 9.09. The van der Waals surface area contributed by atoms with Crippen LogP contribution in [0, 0.1) is 0 Å². The molecule has 0 amide bonds. The summed E-state index contributed by atoms with van der Waals surface area (Å²) in [5.74, 6) is 0.0745. The van der Waals surface area contributed by atoms with Gasteiger partial charge in [0.15, 0.2) is 11.6 Å². The summed E-state index contributed by atoms with van der Waals surface area (Å²) in [5.41, 5.74) is 3.03. The molecule has 0 saturated heterocycles. The molecule has 0 fully saturated rings. The first-order chi connectivity index (χ1) is 13.2. The molecule has 0 atom stereocenters. The van der Waals surface area contributed by atoms with Gasteiger partial charge in [-0.3, -0.25) is 9.59 Å². The number of hydrogen-bond acceptors (Lipinski definition) is 4. The Hall–Kier alpha value is -2.48. The van der Waals surface area contributed by atoms with E-state index >= 15 is 0 Å². The van der Waals surface area contributed by atoms with E-state index in [4.69, 9.17) is 0 Å². The Kier molecular flexibility index (Phi) is 12.5. The molecule has 0 unspecified atom stereocenters. The van der Waals surface area contributed by atoms with Gasteiger partial charge in [0.25, 0.3) is 0 Å². The van der Waals surface area contributed by atoms with Gasteiger partial charge in [-0.05, 0) is 38.8 Å². The Morgan fingerprint density at radius 1 is 0.621 bits per heavy atom. The fourth-order valence-electron chi connectivity index (χ4n) is 2.61. The maximum absolute atomic E-state index is 11.2. The maximum Gasteiger partial charge on any atom is 0.159 e. The Morgan fingerprint density at radius 2 is 0.897 bits per heavy atom. The van der Waals surface area contributed by atoms with Crippen LogP contribution in [-0.2, 0) is 42.9 Å². The summed E-state index contributed by atoms with van der Waals surface area (Å²) in [7, 11) is 0. The third-order valence-corrected chi connectivity index (χ3v) is 4.17. The molecule has 0 aromatic heterocycles. The van der Waals surface area contributed by atoms with Gasteiger partial charge in [-0.15, -0.1) is 0 Å². The molecule has 0 aliphatic carbocycles. The first-order valence-corrected chi connectivity index (χ1v) is 9.09. The number of aliphatic hydroxyl groups is 2. The van der Waals surface area contributed by atoms with E-state index in [9.17, 15) is 19.8 Å². The SMILES string of the molecule is CC(=O)/C(Cc1ccccc1)=C(/C)O.CC(=O)/C(Cc1ccccc1)=C(/C)O.[Pd]. The zero-order valence-corrected chi connectivity index (χ0v) is 18.8. The number of benzene rings is 2. The van der Waals surface area contributed by atoms with Gasteiger partial charge in [-0.2, -0.15) is 0 Å². The average molecular weight is 487 g/mol. The third kappa shape index (κ3) is 10.0. The molecule has 0 radical (unpaired) electrons. The van der Waals surface area contributed by atoms with Gasteiger partial charge in [-0.1, -0.05) is 60.7 Å². The number of allylic oxidation sites excluding steroid dienone is 4. The van der Waals surface area contributed by atoms with Gasteiger partial charge in [0, 0.05) is 44.4 Å². The molecule has 0 aliphatic heterocycles. The molecule has 0 heterocycles. The monoisotopic (exact) mass is 486 g/mol. The quantitative estimate of drug-likeness (QED) is 0.330. The topological polar surface area (TPSA) is 74.6 Å². The second-order valence-corrected chi connectivity index (χ2v) is 6.57. The Morgan fingerprint density at radius 3 is 1.10 bits per heavy atom. The van der Waals surface area contributed by atoms with Crippen LogP contribution in [0.4, 0.5) is 0 Å². The van der Waals surface area contributed by atoms with Gasteiger partial charge < -0.3 is 10.2 Å². The summed E-state index contributed by atoms with van der Waals surface area (Å²) in [4.78, 5) is 22.3. The van der Waals surface area contributed by atoms with Crippen molar-refractivity contribution in [2.24, 2.45) is 0 Å². The first kappa shape index (κ1) is 26.5. The fraction of sp³-hybridized carbons (Fsp3) is 0.250. The van der Waals surface area contributed by atoms with E-state index < -0.39 is 0 Å². The molecule has 0 spiro atoms. The van der Waals surface area contributed by atoms with Crippen LogP contribution in [0.5, 0.6) is 0 Å². The number of hydrogen-bond donors (Lipinski definition) is 2. The molecule has 158 valence electrons. The van der Waals surface area contributed by atoms with Crippen molar-refractivity contribution in [3.63, 3.8) is 0 Å². The van der Waals surface area contributed by atoms with E-state index in [1.54, 1.807) is 13.8 Å². The number of aliphatic hydroxyl groups excluding tert-OH is 2. The molecule has 0 aliphatic rings. The van der Waals surface area contributed by atoms with Crippen LogP contribution in [0.3, 0.4) is 0 Å². The van der Waals surface area contributed by atoms with Crippen LogP contribution in [0.25, 0.3) is 0 Å². The molecule has 0 saturated carbocycles. The number of ketones is 2. The summed E-state index contributed by atoms with van der Waals surface area (Å²) in [6.07, 6.45) is 0.997. The Balaban J connectivity index is 0.000000523. The molecule has 2 rings (SSSR count). The predicted octanol–water partition coefficient (Wildman–Crippen LogP) is 5.30. The van der Waals surface area contributed by atoms with Crippen molar-refractivity contribution < 1.29 is 40.2 Å². The molecule has 4 nitrogen and oxygen atoms in total.